The molecule has 18 heavy (non-hydrogen) atoms. The van der Waals surface area contributed by atoms with E-state index in [1.165, 1.54) is 18.5 Å². The van der Waals surface area contributed by atoms with E-state index in [2.05, 4.69) is 35.9 Å². The van der Waals surface area contributed by atoms with Crippen LogP contribution in [0.25, 0.3) is 0 Å². The first-order chi connectivity index (χ1) is 8.63. The van der Waals surface area contributed by atoms with Crippen molar-refractivity contribution in [3.05, 3.63) is 16.9 Å². The highest BCUT2D eigenvalue weighted by atomic mass is 35.5. The number of rotatable bonds is 6. The van der Waals surface area contributed by atoms with Crippen LogP contribution in [0.4, 0.5) is 0 Å². The van der Waals surface area contributed by atoms with Crippen molar-refractivity contribution in [2.24, 2.45) is 5.92 Å². The van der Waals surface area contributed by atoms with Crippen molar-refractivity contribution in [3.63, 3.8) is 0 Å². The molecule has 0 bridgehead atoms. The van der Waals surface area contributed by atoms with Crippen LogP contribution in [0.1, 0.15) is 51.6 Å². The van der Waals surface area contributed by atoms with Gasteiger partial charge in [0.2, 0.25) is 0 Å². The summed E-state index contributed by atoms with van der Waals surface area (Å²) in [6.07, 6.45) is 5.46. The summed E-state index contributed by atoms with van der Waals surface area (Å²) < 4.78 is 2.11. The summed E-state index contributed by atoms with van der Waals surface area (Å²) in [5.74, 6) is 1.31. The molecule has 2 unspecified atom stereocenters. The zero-order chi connectivity index (χ0) is 13.1. The Kier molecular flexibility index (Phi) is 4.68. The fraction of sp³-hybridized carbons (Fsp3) is 0.786. The van der Waals surface area contributed by atoms with Crippen molar-refractivity contribution >= 4 is 11.6 Å². The lowest BCUT2D eigenvalue weighted by atomic mass is 9.71. The Morgan fingerprint density at radius 3 is 2.83 bits per heavy atom. The second-order valence-corrected chi connectivity index (χ2v) is 6.01. The third-order valence-corrected chi connectivity index (χ3v) is 4.12. The van der Waals surface area contributed by atoms with Crippen molar-refractivity contribution in [1.29, 1.82) is 0 Å². The van der Waals surface area contributed by atoms with Gasteiger partial charge in [0, 0.05) is 18.5 Å². The standard InChI is InChI=1S/C14H24ClN3/c1-4-7-18-14(13(15)9-17-18)12-6-5-11(12)8-16-10(2)3/h9-12,16H,4-8H2,1-3H3. The molecule has 0 spiro atoms. The van der Waals surface area contributed by atoms with E-state index in [1.807, 2.05) is 0 Å². The van der Waals surface area contributed by atoms with Gasteiger partial charge in [-0.05, 0) is 31.7 Å². The van der Waals surface area contributed by atoms with Gasteiger partial charge in [0.05, 0.1) is 16.9 Å². The highest BCUT2D eigenvalue weighted by Gasteiger charge is 2.35. The minimum Gasteiger partial charge on any atom is -0.314 e. The van der Waals surface area contributed by atoms with Crippen LogP contribution >= 0.6 is 11.6 Å². The van der Waals surface area contributed by atoms with Gasteiger partial charge < -0.3 is 5.32 Å². The molecule has 1 N–H and O–H groups in total. The van der Waals surface area contributed by atoms with Gasteiger partial charge in [-0.1, -0.05) is 32.4 Å². The quantitative estimate of drug-likeness (QED) is 0.857. The molecule has 0 radical (unpaired) electrons. The van der Waals surface area contributed by atoms with Crippen LogP contribution in [0.3, 0.4) is 0 Å². The molecular formula is C14H24ClN3. The molecule has 1 aromatic heterocycles. The van der Waals surface area contributed by atoms with Gasteiger partial charge in [-0.2, -0.15) is 5.10 Å². The van der Waals surface area contributed by atoms with Crippen LogP contribution in [0, 0.1) is 5.92 Å². The van der Waals surface area contributed by atoms with Crippen LogP contribution in [0.15, 0.2) is 6.20 Å². The lowest BCUT2D eigenvalue weighted by Crippen LogP contribution is -2.37. The number of aryl methyl sites for hydroxylation is 1. The van der Waals surface area contributed by atoms with E-state index >= 15 is 0 Å². The minimum atomic E-state index is 0.558. The fourth-order valence-electron chi connectivity index (χ4n) is 2.69. The Bertz CT molecular complexity index is 386. The third kappa shape index (κ3) is 2.89. The molecule has 1 heterocycles. The molecule has 1 aromatic rings. The number of hydrogen-bond acceptors (Lipinski definition) is 2. The molecule has 1 fully saturated rings. The molecule has 1 aliphatic rings. The van der Waals surface area contributed by atoms with Crippen LogP contribution in [-0.2, 0) is 6.54 Å². The van der Waals surface area contributed by atoms with Crippen LogP contribution in [0.2, 0.25) is 5.02 Å². The lowest BCUT2D eigenvalue weighted by molar-refractivity contribution is 0.229. The maximum atomic E-state index is 6.31. The highest BCUT2D eigenvalue weighted by Crippen LogP contribution is 2.44. The largest absolute Gasteiger partial charge is 0.314 e. The SMILES string of the molecule is CCCn1ncc(Cl)c1C1CCC1CNC(C)C. The van der Waals surface area contributed by atoms with Gasteiger partial charge in [-0.3, -0.25) is 4.68 Å². The number of aromatic nitrogens is 2. The summed E-state index contributed by atoms with van der Waals surface area (Å²) in [5.41, 5.74) is 1.26. The Morgan fingerprint density at radius 2 is 2.28 bits per heavy atom. The van der Waals surface area contributed by atoms with Crippen molar-refractivity contribution < 1.29 is 0 Å². The second kappa shape index (κ2) is 6.07. The summed E-state index contributed by atoms with van der Waals surface area (Å²) in [5, 5.41) is 8.79. The molecule has 0 aromatic carbocycles. The average molecular weight is 270 g/mol. The van der Waals surface area contributed by atoms with Crippen LogP contribution in [-0.4, -0.2) is 22.4 Å². The first-order valence-electron chi connectivity index (χ1n) is 7.08. The summed E-state index contributed by atoms with van der Waals surface area (Å²) in [4.78, 5) is 0. The van der Waals surface area contributed by atoms with E-state index in [0.717, 1.165) is 30.5 Å². The van der Waals surface area contributed by atoms with Crippen molar-refractivity contribution in [1.82, 2.24) is 15.1 Å². The lowest BCUT2D eigenvalue weighted by Gasteiger charge is -2.38. The van der Waals surface area contributed by atoms with E-state index in [1.54, 1.807) is 6.20 Å². The Labute approximate surface area is 115 Å². The monoisotopic (exact) mass is 269 g/mol. The Hall–Kier alpha value is -0.540. The van der Waals surface area contributed by atoms with Gasteiger partial charge in [-0.25, -0.2) is 0 Å². The Morgan fingerprint density at radius 1 is 1.50 bits per heavy atom. The third-order valence-electron chi connectivity index (χ3n) is 3.83. The molecule has 1 saturated carbocycles. The van der Waals surface area contributed by atoms with Gasteiger partial charge in [0.15, 0.2) is 0 Å². The first kappa shape index (κ1) is 13.9. The van der Waals surface area contributed by atoms with Crippen molar-refractivity contribution in [2.75, 3.05) is 6.54 Å². The molecule has 0 saturated heterocycles. The molecule has 3 nitrogen and oxygen atoms in total. The molecule has 0 aliphatic heterocycles. The maximum absolute atomic E-state index is 6.31. The van der Waals surface area contributed by atoms with E-state index in [-0.39, 0.29) is 0 Å². The first-order valence-corrected chi connectivity index (χ1v) is 7.45. The van der Waals surface area contributed by atoms with Gasteiger partial charge >= 0.3 is 0 Å². The maximum Gasteiger partial charge on any atom is 0.0820 e. The van der Waals surface area contributed by atoms with E-state index < -0.39 is 0 Å². The van der Waals surface area contributed by atoms with Crippen LogP contribution < -0.4 is 5.32 Å². The van der Waals surface area contributed by atoms with Crippen molar-refractivity contribution in [3.8, 4) is 0 Å². The average Bonchev–Trinajstić information content (AvgIpc) is 2.61. The van der Waals surface area contributed by atoms with Gasteiger partial charge in [0.1, 0.15) is 0 Å². The predicted molar refractivity (Wildman–Crippen MR) is 76.1 cm³/mol. The summed E-state index contributed by atoms with van der Waals surface area (Å²) in [6, 6.07) is 0.558. The molecule has 2 atom stereocenters. The Balaban J connectivity index is 2.04. The topological polar surface area (TPSA) is 29.9 Å². The number of halogens is 1. The van der Waals surface area contributed by atoms with Gasteiger partial charge in [0.25, 0.3) is 0 Å². The number of nitrogens with one attached hydrogen (secondary N) is 1. The summed E-state index contributed by atoms with van der Waals surface area (Å²) in [7, 11) is 0. The van der Waals surface area contributed by atoms with E-state index in [4.69, 9.17) is 11.6 Å². The molecule has 4 heteroatoms. The zero-order valence-electron chi connectivity index (χ0n) is 11.6. The highest BCUT2D eigenvalue weighted by molar-refractivity contribution is 6.31. The fourth-order valence-corrected chi connectivity index (χ4v) is 2.97. The minimum absolute atomic E-state index is 0.558. The predicted octanol–water partition coefficient (Wildman–Crippen LogP) is 3.44. The molecule has 102 valence electrons. The van der Waals surface area contributed by atoms with Crippen molar-refractivity contribution in [2.45, 2.75) is 58.5 Å². The van der Waals surface area contributed by atoms with Gasteiger partial charge in [-0.15, -0.1) is 0 Å². The summed E-state index contributed by atoms with van der Waals surface area (Å²) >= 11 is 6.31. The zero-order valence-corrected chi connectivity index (χ0v) is 12.4. The molecule has 1 aliphatic carbocycles. The summed E-state index contributed by atoms with van der Waals surface area (Å²) in [6.45, 7) is 8.64. The smallest absolute Gasteiger partial charge is 0.0820 e. The molecule has 2 rings (SSSR count). The van der Waals surface area contributed by atoms with E-state index in [9.17, 15) is 0 Å². The van der Waals surface area contributed by atoms with E-state index in [0.29, 0.717) is 12.0 Å². The van der Waals surface area contributed by atoms with Crippen LogP contribution in [0.5, 0.6) is 0 Å². The normalized spacial score (nSPS) is 23.4. The number of hydrogen-bond donors (Lipinski definition) is 1. The number of nitrogens with zero attached hydrogens (tertiary/aromatic N) is 2. The molecule has 0 amide bonds. The molecular weight excluding hydrogens is 246 g/mol. The second-order valence-electron chi connectivity index (χ2n) is 5.61.